The molecule has 0 atom stereocenters. The number of fused-ring (bicyclic) bond motifs is 1. The molecule has 2 N–H and O–H groups in total. The number of thiophene rings is 1. The minimum Gasteiger partial charge on any atom is -0.357 e. The molecule has 2 heterocycles. The Bertz CT molecular complexity index is 465. The van der Waals surface area contributed by atoms with E-state index < -0.39 is 0 Å². The van der Waals surface area contributed by atoms with E-state index >= 15 is 0 Å². The maximum Gasteiger partial charge on any atom is 0.149 e. The van der Waals surface area contributed by atoms with E-state index in [0.717, 1.165) is 22.6 Å². The van der Waals surface area contributed by atoms with Gasteiger partial charge in [0.05, 0.1) is 10.2 Å². The second-order valence-electron chi connectivity index (χ2n) is 3.50. The highest BCUT2D eigenvalue weighted by atomic mass is 32.1. The van der Waals surface area contributed by atoms with Crippen molar-refractivity contribution >= 4 is 27.4 Å². The summed E-state index contributed by atoms with van der Waals surface area (Å²) in [6.45, 7) is 3.51. The molecule has 0 saturated carbocycles. The quantitative estimate of drug-likeness (QED) is 0.852. The standard InChI is InChI=1S/C10H14N4S/c1-7-5-15-9-8(7)12-6-13-10(9)14(2)4-3-11/h5-6H,3-4,11H2,1-2H3. The van der Waals surface area contributed by atoms with Gasteiger partial charge in [-0.25, -0.2) is 9.97 Å². The number of aromatic nitrogens is 2. The zero-order valence-electron chi connectivity index (χ0n) is 8.90. The number of hydrogen-bond acceptors (Lipinski definition) is 5. The van der Waals surface area contributed by atoms with E-state index in [0.29, 0.717) is 6.54 Å². The number of nitrogens with zero attached hydrogens (tertiary/aromatic N) is 3. The van der Waals surface area contributed by atoms with Crippen LogP contribution in [-0.2, 0) is 0 Å². The van der Waals surface area contributed by atoms with E-state index in [4.69, 9.17) is 5.73 Å². The fourth-order valence-electron chi connectivity index (χ4n) is 1.53. The van der Waals surface area contributed by atoms with Crippen molar-refractivity contribution in [2.24, 2.45) is 5.73 Å². The second kappa shape index (κ2) is 4.12. The second-order valence-corrected chi connectivity index (χ2v) is 4.38. The normalized spacial score (nSPS) is 10.9. The molecule has 0 fully saturated rings. The maximum atomic E-state index is 5.53. The summed E-state index contributed by atoms with van der Waals surface area (Å²) in [5.41, 5.74) is 7.79. The van der Waals surface area contributed by atoms with Crippen molar-refractivity contribution in [3.05, 3.63) is 17.3 Å². The van der Waals surface area contributed by atoms with Crippen molar-refractivity contribution in [1.82, 2.24) is 9.97 Å². The van der Waals surface area contributed by atoms with Crippen LogP contribution in [0.25, 0.3) is 10.2 Å². The lowest BCUT2D eigenvalue weighted by molar-refractivity contribution is 0.871. The Labute approximate surface area is 92.8 Å². The molecule has 5 heteroatoms. The number of likely N-dealkylation sites (N-methyl/N-ethyl adjacent to an activating group) is 1. The van der Waals surface area contributed by atoms with E-state index in [1.165, 1.54) is 5.56 Å². The van der Waals surface area contributed by atoms with Crippen LogP contribution in [-0.4, -0.2) is 30.1 Å². The molecule has 0 spiro atoms. The first kappa shape index (κ1) is 10.3. The van der Waals surface area contributed by atoms with Gasteiger partial charge in [-0.05, 0) is 17.9 Å². The molecule has 2 rings (SSSR count). The predicted octanol–water partition coefficient (Wildman–Crippen LogP) is 1.39. The average molecular weight is 222 g/mol. The molecular formula is C10H14N4S. The average Bonchev–Trinajstić information content (AvgIpc) is 2.61. The third-order valence-corrected chi connectivity index (χ3v) is 3.42. The summed E-state index contributed by atoms with van der Waals surface area (Å²) in [7, 11) is 2.00. The molecule has 0 amide bonds. The van der Waals surface area contributed by atoms with Crippen LogP contribution in [0.2, 0.25) is 0 Å². The van der Waals surface area contributed by atoms with Gasteiger partial charge in [0.25, 0.3) is 0 Å². The molecule has 0 unspecified atom stereocenters. The van der Waals surface area contributed by atoms with Crippen molar-refractivity contribution in [3.8, 4) is 0 Å². The van der Waals surface area contributed by atoms with Crippen LogP contribution in [0.1, 0.15) is 5.56 Å². The monoisotopic (exact) mass is 222 g/mol. The lowest BCUT2D eigenvalue weighted by Crippen LogP contribution is -2.25. The molecule has 4 nitrogen and oxygen atoms in total. The van der Waals surface area contributed by atoms with Crippen molar-refractivity contribution in [2.75, 3.05) is 25.0 Å². The van der Waals surface area contributed by atoms with Gasteiger partial charge in [0, 0.05) is 20.1 Å². The van der Waals surface area contributed by atoms with Gasteiger partial charge in [0.1, 0.15) is 12.1 Å². The van der Waals surface area contributed by atoms with Gasteiger partial charge in [-0.2, -0.15) is 0 Å². The molecule has 0 bridgehead atoms. The van der Waals surface area contributed by atoms with E-state index in [9.17, 15) is 0 Å². The fraction of sp³-hybridized carbons (Fsp3) is 0.400. The summed E-state index contributed by atoms with van der Waals surface area (Å²) in [5.74, 6) is 0.976. The van der Waals surface area contributed by atoms with Crippen LogP contribution in [0.5, 0.6) is 0 Å². The minimum absolute atomic E-state index is 0.631. The zero-order valence-corrected chi connectivity index (χ0v) is 9.71. The van der Waals surface area contributed by atoms with E-state index in [-0.39, 0.29) is 0 Å². The molecule has 0 aliphatic rings. The van der Waals surface area contributed by atoms with Crippen LogP contribution < -0.4 is 10.6 Å². The zero-order chi connectivity index (χ0) is 10.8. The number of nitrogens with two attached hydrogens (primary N) is 1. The van der Waals surface area contributed by atoms with Gasteiger partial charge in [-0.3, -0.25) is 0 Å². The lowest BCUT2D eigenvalue weighted by Gasteiger charge is -2.16. The summed E-state index contributed by atoms with van der Waals surface area (Å²) in [4.78, 5) is 10.7. The molecule has 15 heavy (non-hydrogen) atoms. The highest BCUT2D eigenvalue weighted by Crippen LogP contribution is 2.29. The molecular weight excluding hydrogens is 208 g/mol. The Balaban J connectivity index is 2.51. The molecule has 0 radical (unpaired) electrons. The van der Waals surface area contributed by atoms with Crippen LogP contribution >= 0.6 is 11.3 Å². The van der Waals surface area contributed by atoms with Gasteiger partial charge in [-0.1, -0.05) is 0 Å². The summed E-state index contributed by atoms with van der Waals surface area (Å²) in [5, 5.41) is 2.11. The van der Waals surface area contributed by atoms with E-state index in [2.05, 4.69) is 27.2 Å². The highest BCUT2D eigenvalue weighted by Gasteiger charge is 2.10. The van der Waals surface area contributed by atoms with E-state index in [1.54, 1.807) is 17.7 Å². The van der Waals surface area contributed by atoms with Crippen LogP contribution in [0.3, 0.4) is 0 Å². The molecule has 80 valence electrons. The van der Waals surface area contributed by atoms with E-state index in [1.807, 2.05) is 7.05 Å². The number of hydrogen-bond donors (Lipinski definition) is 1. The van der Waals surface area contributed by atoms with Gasteiger partial charge < -0.3 is 10.6 Å². The van der Waals surface area contributed by atoms with Crippen molar-refractivity contribution in [2.45, 2.75) is 6.92 Å². The maximum absolute atomic E-state index is 5.53. The molecule has 2 aromatic rings. The van der Waals surface area contributed by atoms with Crippen LogP contribution in [0.4, 0.5) is 5.82 Å². The summed E-state index contributed by atoms with van der Waals surface area (Å²) < 4.78 is 1.14. The first-order chi connectivity index (χ1) is 7.24. The third-order valence-electron chi connectivity index (χ3n) is 2.34. The summed E-state index contributed by atoms with van der Waals surface area (Å²) in [6, 6.07) is 0. The Kier molecular flexibility index (Phi) is 2.83. The first-order valence-corrected chi connectivity index (χ1v) is 5.72. The predicted molar refractivity (Wildman–Crippen MR) is 64.5 cm³/mol. The Morgan fingerprint density at radius 3 is 3.00 bits per heavy atom. The number of rotatable bonds is 3. The number of aryl methyl sites for hydroxylation is 1. The van der Waals surface area contributed by atoms with Gasteiger partial charge in [-0.15, -0.1) is 11.3 Å². The summed E-state index contributed by atoms with van der Waals surface area (Å²) in [6.07, 6.45) is 1.62. The van der Waals surface area contributed by atoms with Crippen molar-refractivity contribution in [1.29, 1.82) is 0 Å². The Morgan fingerprint density at radius 1 is 1.47 bits per heavy atom. The first-order valence-electron chi connectivity index (χ1n) is 4.84. The molecule has 0 aromatic carbocycles. The highest BCUT2D eigenvalue weighted by molar-refractivity contribution is 7.18. The Morgan fingerprint density at radius 2 is 2.27 bits per heavy atom. The molecule has 0 saturated heterocycles. The smallest absolute Gasteiger partial charge is 0.149 e. The molecule has 0 aliphatic heterocycles. The largest absolute Gasteiger partial charge is 0.357 e. The lowest BCUT2D eigenvalue weighted by atomic mass is 10.3. The SMILES string of the molecule is Cc1csc2c(N(C)CCN)ncnc12. The molecule has 0 aliphatic carbocycles. The van der Waals surface area contributed by atoms with Crippen molar-refractivity contribution in [3.63, 3.8) is 0 Å². The van der Waals surface area contributed by atoms with Crippen molar-refractivity contribution < 1.29 is 0 Å². The molecule has 2 aromatic heterocycles. The van der Waals surface area contributed by atoms with Crippen LogP contribution in [0, 0.1) is 6.92 Å². The fourth-order valence-corrected chi connectivity index (χ4v) is 2.57. The third kappa shape index (κ3) is 1.80. The number of anilines is 1. The minimum atomic E-state index is 0.631. The Hall–Kier alpha value is -1.20. The topological polar surface area (TPSA) is 55.0 Å². The van der Waals surface area contributed by atoms with Crippen LogP contribution in [0.15, 0.2) is 11.7 Å². The van der Waals surface area contributed by atoms with Gasteiger partial charge >= 0.3 is 0 Å². The van der Waals surface area contributed by atoms with Gasteiger partial charge in [0.2, 0.25) is 0 Å². The van der Waals surface area contributed by atoms with Gasteiger partial charge in [0.15, 0.2) is 0 Å². The summed E-state index contributed by atoms with van der Waals surface area (Å²) >= 11 is 1.69.